The van der Waals surface area contributed by atoms with Crippen molar-refractivity contribution in [2.45, 2.75) is 25.8 Å². The third kappa shape index (κ3) is 2.18. The molecule has 1 saturated heterocycles. The molecule has 3 atom stereocenters. The predicted molar refractivity (Wildman–Crippen MR) is 81.8 cm³/mol. The summed E-state index contributed by atoms with van der Waals surface area (Å²) in [5.41, 5.74) is 2.75. The number of fused-ring (bicyclic) bond motifs is 2. The molecule has 2 amide bonds. The van der Waals surface area contributed by atoms with Crippen molar-refractivity contribution in [2.24, 2.45) is 11.8 Å². The fourth-order valence-corrected chi connectivity index (χ4v) is 4.03. The zero-order valence-electron chi connectivity index (χ0n) is 12.6. The minimum Gasteiger partial charge on any atom is -0.313 e. The summed E-state index contributed by atoms with van der Waals surface area (Å²) in [5.74, 6) is -0.112. The lowest BCUT2D eigenvalue weighted by Gasteiger charge is -2.28. The van der Waals surface area contributed by atoms with Gasteiger partial charge in [0, 0.05) is 12.0 Å². The Kier molecular flexibility index (Phi) is 3.34. The van der Waals surface area contributed by atoms with Gasteiger partial charge in [-0.05, 0) is 18.4 Å². The quantitative estimate of drug-likeness (QED) is 0.639. The second-order valence-corrected chi connectivity index (χ2v) is 6.61. The average molecular weight is 297 g/mol. The number of likely N-dealkylation sites (tertiary alicyclic amines) is 1. The first-order valence-corrected chi connectivity index (χ1v) is 8.14. The molecule has 3 aliphatic rings. The van der Waals surface area contributed by atoms with Crippen molar-refractivity contribution in [3.8, 4) is 0 Å². The number of hydrogen-bond donors (Lipinski definition) is 1. The zero-order valence-corrected chi connectivity index (χ0v) is 12.6. The highest BCUT2D eigenvalue weighted by Gasteiger charge is 2.48. The van der Waals surface area contributed by atoms with E-state index in [9.17, 15) is 9.59 Å². The number of nitrogens with one attached hydrogen (secondary N) is 1. The molecule has 1 aliphatic carbocycles. The summed E-state index contributed by atoms with van der Waals surface area (Å²) >= 11 is 0. The van der Waals surface area contributed by atoms with Gasteiger partial charge in [0.15, 0.2) is 6.67 Å². The van der Waals surface area contributed by atoms with Crippen LogP contribution in [0.4, 0.5) is 0 Å². The largest absolute Gasteiger partial charge is 0.313 e. The number of nitrogens with zero attached hydrogens (tertiary/aromatic N) is 1. The fraction of sp³-hybridized carbons (Fsp3) is 0.444. The van der Waals surface area contributed by atoms with Gasteiger partial charge in [-0.15, -0.1) is 0 Å². The van der Waals surface area contributed by atoms with Gasteiger partial charge in [0.05, 0.1) is 18.4 Å². The molecule has 1 N–H and O–H groups in total. The van der Waals surface area contributed by atoms with Gasteiger partial charge in [-0.1, -0.05) is 36.4 Å². The lowest BCUT2D eigenvalue weighted by Crippen LogP contribution is -3.13. The van der Waals surface area contributed by atoms with Gasteiger partial charge < -0.3 is 4.90 Å². The summed E-state index contributed by atoms with van der Waals surface area (Å²) < 4.78 is 0. The summed E-state index contributed by atoms with van der Waals surface area (Å²) in [7, 11) is 0. The highest BCUT2D eigenvalue weighted by atomic mass is 16.2. The second-order valence-electron chi connectivity index (χ2n) is 6.61. The molecule has 2 aliphatic heterocycles. The number of amides is 2. The van der Waals surface area contributed by atoms with E-state index in [4.69, 9.17) is 0 Å². The first-order chi connectivity index (χ1) is 10.7. The summed E-state index contributed by atoms with van der Waals surface area (Å²) in [4.78, 5) is 27.9. The zero-order chi connectivity index (χ0) is 15.1. The smallest absolute Gasteiger partial charge is 0.237 e. The van der Waals surface area contributed by atoms with Gasteiger partial charge in [0.2, 0.25) is 11.8 Å². The first kappa shape index (κ1) is 13.7. The van der Waals surface area contributed by atoms with E-state index >= 15 is 0 Å². The average Bonchev–Trinajstić information content (AvgIpc) is 2.80. The minimum absolute atomic E-state index is 0.0470. The number of rotatable bonds is 2. The summed E-state index contributed by atoms with van der Waals surface area (Å²) in [6.07, 6.45) is 6.56. The maximum absolute atomic E-state index is 12.5. The van der Waals surface area contributed by atoms with Crippen LogP contribution in [0, 0.1) is 11.8 Å². The van der Waals surface area contributed by atoms with E-state index in [0.29, 0.717) is 6.67 Å². The molecule has 0 saturated carbocycles. The van der Waals surface area contributed by atoms with Crippen molar-refractivity contribution in [1.29, 1.82) is 0 Å². The van der Waals surface area contributed by atoms with Crippen LogP contribution in [0.2, 0.25) is 0 Å². The van der Waals surface area contributed by atoms with Gasteiger partial charge in [-0.25, -0.2) is 4.90 Å². The Morgan fingerprint density at radius 3 is 2.32 bits per heavy atom. The van der Waals surface area contributed by atoms with Crippen LogP contribution in [0.3, 0.4) is 0 Å². The molecule has 1 unspecified atom stereocenters. The third-order valence-corrected chi connectivity index (χ3v) is 5.29. The number of imide groups is 1. The van der Waals surface area contributed by atoms with Crippen LogP contribution in [-0.4, -0.2) is 29.9 Å². The highest BCUT2D eigenvalue weighted by Crippen LogP contribution is 2.34. The van der Waals surface area contributed by atoms with Gasteiger partial charge >= 0.3 is 0 Å². The highest BCUT2D eigenvalue weighted by molar-refractivity contribution is 6.05. The number of carbonyl (C=O) groups is 2. The molecule has 0 aromatic heterocycles. The number of carbonyl (C=O) groups excluding carboxylic acids is 2. The summed E-state index contributed by atoms with van der Waals surface area (Å²) in [5, 5.41) is 0. The maximum atomic E-state index is 12.5. The van der Waals surface area contributed by atoms with E-state index in [1.165, 1.54) is 20.9 Å². The van der Waals surface area contributed by atoms with E-state index < -0.39 is 0 Å². The molecule has 114 valence electrons. The van der Waals surface area contributed by atoms with Crippen LogP contribution in [0.1, 0.15) is 24.0 Å². The van der Waals surface area contributed by atoms with Gasteiger partial charge in [-0.2, -0.15) is 0 Å². The van der Waals surface area contributed by atoms with Crippen LogP contribution in [-0.2, 0) is 22.6 Å². The standard InChI is InChI=1S/C18H20N2O2/c21-17-15-7-3-4-8-16(15)18(22)20(17)12-19-10-9-13-5-1-2-6-14(13)11-19/h1-6,15-16H,7-12H2/p+1/t15-,16-/m0/s1. The van der Waals surface area contributed by atoms with Gasteiger partial charge in [-0.3, -0.25) is 9.59 Å². The van der Waals surface area contributed by atoms with E-state index in [0.717, 1.165) is 32.4 Å². The monoisotopic (exact) mass is 297 g/mol. The topological polar surface area (TPSA) is 41.8 Å². The molecule has 1 fully saturated rings. The normalized spacial score (nSPS) is 30.4. The van der Waals surface area contributed by atoms with Crippen LogP contribution in [0.5, 0.6) is 0 Å². The van der Waals surface area contributed by atoms with E-state index in [1.54, 1.807) is 0 Å². The summed E-state index contributed by atoms with van der Waals surface area (Å²) in [6, 6.07) is 8.48. The maximum Gasteiger partial charge on any atom is 0.237 e. The van der Waals surface area contributed by atoms with Crippen LogP contribution < -0.4 is 4.90 Å². The van der Waals surface area contributed by atoms with E-state index in [-0.39, 0.29) is 23.7 Å². The van der Waals surface area contributed by atoms with Gasteiger partial charge in [0.25, 0.3) is 0 Å². The van der Waals surface area contributed by atoms with Crippen molar-refractivity contribution >= 4 is 11.8 Å². The number of allylic oxidation sites excluding steroid dienone is 2. The Hall–Kier alpha value is -1.94. The number of quaternary nitrogens is 1. The Morgan fingerprint density at radius 2 is 1.64 bits per heavy atom. The van der Waals surface area contributed by atoms with Crippen LogP contribution in [0.25, 0.3) is 0 Å². The number of benzene rings is 1. The molecule has 4 rings (SSSR count). The van der Waals surface area contributed by atoms with E-state index in [2.05, 4.69) is 24.3 Å². The minimum atomic E-state index is -0.103. The Labute approximate surface area is 130 Å². The SMILES string of the molecule is O=C1[C@H]2CC=CC[C@@H]2C(=O)N1C[NH+]1CCc2ccccc2C1. The molecular formula is C18H21N2O2+. The molecule has 1 aromatic carbocycles. The molecule has 0 radical (unpaired) electrons. The predicted octanol–water partition coefficient (Wildman–Crippen LogP) is 0.536. The van der Waals surface area contributed by atoms with Crippen molar-refractivity contribution in [3.05, 3.63) is 47.5 Å². The van der Waals surface area contributed by atoms with Gasteiger partial charge in [0.1, 0.15) is 6.54 Å². The molecule has 4 heteroatoms. The molecule has 22 heavy (non-hydrogen) atoms. The van der Waals surface area contributed by atoms with Crippen LogP contribution >= 0.6 is 0 Å². The van der Waals surface area contributed by atoms with Crippen molar-refractivity contribution < 1.29 is 14.5 Å². The van der Waals surface area contributed by atoms with Crippen molar-refractivity contribution in [2.75, 3.05) is 13.2 Å². The lowest BCUT2D eigenvalue weighted by atomic mass is 9.85. The molecule has 2 heterocycles. The third-order valence-electron chi connectivity index (χ3n) is 5.29. The Balaban J connectivity index is 1.48. The number of hydrogen-bond acceptors (Lipinski definition) is 2. The van der Waals surface area contributed by atoms with E-state index in [1.807, 2.05) is 12.2 Å². The summed E-state index contributed by atoms with van der Waals surface area (Å²) in [6.45, 7) is 2.42. The molecule has 0 spiro atoms. The molecule has 1 aromatic rings. The molecule has 0 bridgehead atoms. The first-order valence-electron chi connectivity index (χ1n) is 8.14. The molecular weight excluding hydrogens is 276 g/mol. The van der Waals surface area contributed by atoms with Crippen molar-refractivity contribution in [1.82, 2.24) is 4.90 Å². The van der Waals surface area contributed by atoms with Crippen molar-refractivity contribution in [3.63, 3.8) is 0 Å². The Morgan fingerprint density at radius 1 is 1.00 bits per heavy atom. The Bertz CT molecular complexity index is 626. The van der Waals surface area contributed by atoms with Crippen LogP contribution in [0.15, 0.2) is 36.4 Å². The fourth-order valence-electron chi connectivity index (χ4n) is 4.03. The molecule has 4 nitrogen and oxygen atoms in total. The second kappa shape index (κ2) is 5.36. The lowest BCUT2D eigenvalue weighted by molar-refractivity contribution is -0.923.